The Hall–Kier alpha value is -2.19. The average molecular weight is 855 g/mol. The molecule has 3 aliphatic rings. The number of likely N-dealkylation sites (tertiary alicyclic amines) is 1. The van der Waals surface area contributed by atoms with Gasteiger partial charge in [0.1, 0.15) is 48.7 Å². The number of rotatable bonds is 28. The largest absolute Gasteiger partial charge is 0.394 e. The molecule has 0 saturated carbocycles. The molecule has 8 N–H and O–H groups in total. The third-order valence-electron chi connectivity index (χ3n) is 10.4. The van der Waals surface area contributed by atoms with Gasteiger partial charge in [0.05, 0.1) is 79.3 Å². The number of amides is 3. The van der Waals surface area contributed by atoms with E-state index >= 15 is 0 Å². The van der Waals surface area contributed by atoms with E-state index in [9.17, 15) is 45.0 Å². The number of aliphatic hydroxyl groups is 6. The molecule has 0 bridgehead atoms. The standard InChI is InChI=1S/C38H70N4O17/c1-5-27-20-24(2)21-42(27)30(47)6-7-41(8-10-52-12-14-54-16-18-56-37-31(39-25(3)45)35(50)33(48)28(22-43)58-37)9-11-53-13-15-55-17-19-57-38-32(40-26(4)46)36(51)34(49)29(23-44)59-38/h24,27-29,31-38,43-44,48-51H,5-23H2,1-4H3,(H,39,45)(H,40,46)/t24-,27-,28?,29?,31?,32?,33+,34+,35-,36-,37-,38-/m1/s1. The number of carbonyl (C=O) groups excluding carboxylic acids is 3. The van der Waals surface area contributed by atoms with Gasteiger partial charge >= 0.3 is 0 Å². The van der Waals surface area contributed by atoms with Crippen LogP contribution in [0.5, 0.6) is 0 Å². The van der Waals surface area contributed by atoms with Crippen molar-refractivity contribution in [2.75, 3.05) is 105 Å². The van der Waals surface area contributed by atoms with E-state index in [1.165, 1.54) is 13.8 Å². The van der Waals surface area contributed by atoms with Crippen LogP contribution in [0.2, 0.25) is 0 Å². The zero-order valence-corrected chi connectivity index (χ0v) is 34.9. The van der Waals surface area contributed by atoms with Crippen molar-refractivity contribution in [2.45, 2.75) is 114 Å². The molecule has 0 radical (unpaired) electrons. The molecule has 21 heteroatoms. The molecule has 3 saturated heterocycles. The fourth-order valence-corrected chi connectivity index (χ4v) is 7.28. The van der Waals surface area contributed by atoms with Gasteiger partial charge < -0.3 is 84.1 Å². The van der Waals surface area contributed by atoms with Crippen LogP contribution in [0.3, 0.4) is 0 Å². The first-order valence-electron chi connectivity index (χ1n) is 20.7. The first-order valence-corrected chi connectivity index (χ1v) is 20.7. The average Bonchev–Trinajstić information content (AvgIpc) is 3.60. The molecule has 3 fully saturated rings. The maximum atomic E-state index is 13.2. The van der Waals surface area contributed by atoms with Gasteiger partial charge in [-0.3, -0.25) is 19.3 Å². The third kappa shape index (κ3) is 17.2. The normalized spacial score (nSPS) is 31.1. The van der Waals surface area contributed by atoms with Gasteiger partial charge in [0, 0.05) is 52.5 Å². The summed E-state index contributed by atoms with van der Waals surface area (Å²) in [6.07, 6.45) is -7.63. The first kappa shape index (κ1) is 51.2. The lowest BCUT2D eigenvalue weighted by Crippen LogP contribution is -2.64. The molecule has 21 nitrogen and oxygen atoms in total. The minimum atomic E-state index is -1.40. The molecule has 59 heavy (non-hydrogen) atoms. The van der Waals surface area contributed by atoms with Crippen LogP contribution in [0.4, 0.5) is 0 Å². The van der Waals surface area contributed by atoms with Crippen LogP contribution in [-0.2, 0) is 52.3 Å². The quantitative estimate of drug-likeness (QED) is 0.0352. The van der Waals surface area contributed by atoms with E-state index in [4.69, 9.17) is 37.9 Å². The Kier molecular flexibility index (Phi) is 24.0. The summed E-state index contributed by atoms with van der Waals surface area (Å²) in [5.74, 6) is -0.273. The van der Waals surface area contributed by atoms with Crippen molar-refractivity contribution in [1.29, 1.82) is 0 Å². The summed E-state index contributed by atoms with van der Waals surface area (Å²) in [6, 6.07) is -1.80. The summed E-state index contributed by atoms with van der Waals surface area (Å²) in [7, 11) is 0. The van der Waals surface area contributed by atoms with E-state index in [2.05, 4.69) is 29.4 Å². The van der Waals surface area contributed by atoms with Crippen LogP contribution in [-0.4, -0.2) is 231 Å². The Labute approximate surface area is 346 Å². The molecule has 3 heterocycles. The Morgan fingerprint density at radius 2 is 1.08 bits per heavy atom. The Morgan fingerprint density at radius 3 is 1.49 bits per heavy atom. The fraction of sp³-hybridized carbons (Fsp3) is 0.921. The lowest BCUT2D eigenvalue weighted by Gasteiger charge is -2.42. The molecule has 3 amide bonds. The van der Waals surface area contributed by atoms with E-state index in [0.717, 1.165) is 19.4 Å². The maximum Gasteiger partial charge on any atom is 0.224 e. The zero-order chi connectivity index (χ0) is 43.3. The van der Waals surface area contributed by atoms with Crippen molar-refractivity contribution in [1.82, 2.24) is 20.4 Å². The Balaban J connectivity index is 1.34. The van der Waals surface area contributed by atoms with Crippen molar-refractivity contribution in [2.24, 2.45) is 5.92 Å². The van der Waals surface area contributed by atoms with E-state index in [1.54, 1.807) is 0 Å². The van der Waals surface area contributed by atoms with Gasteiger partial charge in [0.25, 0.3) is 0 Å². The van der Waals surface area contributed by atoms with E-state index < -0.39 is 86.3 Å². The van der Waals surface area contributed by atoms with Gasteiger partial charge in [-0.15, -0.1) is 0 Å². The first-order chi connectivity index (χ1) is 28.3. The van der Waals surface area contributed by atoms with E-state index in [0.29, 0.717) is 58.4 Å². The Morgan fingerprint density at radius 1 is 0.661 bits per heavy atom. The lowest BCUT2D eigenvalue weighted by molar-refractivity contribution is -0.272. The SMILES string of the molecule is CC[C@@H]1C[C@@H](C)CN1C(=O)CCN(CCOCCOCCO[C@@H]1OC(CO)[C@H](O)[C@H](O)C1NC(C)=O)CCOCCOCCO[C@@H]1OC(CO)[C@H](O)[C@H](O)C1NC(C)=O. The van der Waals surface area contributed by atoms with Gasteiger partial charge in [0.2, 0.25) is 17.7 Å². The minimum absolute atomic E-state index is 0.0510. The molecule has 0 aromatic carbocycles. The second-order valence-corrected chi connectivity index (χ2v) is 15.1. The molecule has 3 aliphatic heterocycles. The van der Waals surface area contributed by atoms with Crippen LogP contribution in [0.1, 0.15) is 47.0 Å². The van der Waals surface area contributed by atoms with Crippen molar-refractivity contribution in [3.05, 3.63) is 0 Å². The number of hydrogen-bond acceptors (Lipinski definition) is 18. The van der Waals surface area contributed by atoms with Gasteiger partial charge in [-0.05, 0) is 18.8 Å². The Bertz CT molecular complexity index is 1140. The van der Waals surface area contributed by atoms with Crippen molar-refractivity contribution >= 4 is 17.7 Å². The van der Waals surface area contributed by atoms with Crippen LogP contribution < -0.4 is 10.6 Å². The molecule has 4 unspecified atom stereocenters. The second-order valence-electron chi connectivity index (χ2n) is 15.1. The predicted molar refractivity (Wildman–Crippen MR) is 207 cm³/mol. The molecule has 3 rings (SSSR count). The van der Waals surface area contributed by atoms with Crippen LogP contribution in [0.25, 0.3) is 0 Å². The highest BCUT2D eigenvalue weighted by Crippen LogP contribution is 2.26. The molecule has 0 aromatic heterocycles. The van der Waals surface area contributed by atoms with Crippen molar-refractivity contribution in [3.63, 3.8) is 0 Å². The minimum Gasteiger partial charge on any atom is -0.394 e. The molecular weight excluding hydrogens is 784 g/mol. The van der Waals surface area contributed by atoms with Gasteiger partial charge in [-0.25, -0.2) is 0 Å². The van der Waals surface area contributed by atoms with Crippen LogP contribution >= 0.6 is 0 Å². The number of carbonyl (C=O) groups is 3. The topological polar surface area (TPSA) is 277 Å². The fourth-order valence-electron chi connectivity index (χ4n) is 7.28. The van der Waals surface area contributed by atoms with Crippen LogP contribution in [0, 0.1) is 5.92 Å². The maximum absolute atomic E-state index is 13.2. The number of aliphatic hydroxyl groups excluding tert-OH is 6. The van der Waals surface area contributed by atoms with Gasteiger partial charge in [-0.1, -0.05) is 13.8 Å². The monoisotopic (exact) mass is 854 g/mol. The molecule has 12 atom stereocenters. The molecular formula is C38H70N4O17. The molecule has 0 aliphatic carbocycles. The highest BCUT2D eigenvalue weighted by molar-refractivity contribution is 5.77. The molecule has 344 valence electrons. The summed E-state index contributed by atoms with van der Waals surface area (Å²) in [5.41, 5.74) is 0. The smallest absolute Gasteiger partial charge is 0.224 e. The predicted octanol–water partition coefficient (Wildman–Crippen LogP) is -3.69. The second kappa shape index (κ2) is 27.7. The zero-order valence-electron chi connectivity index (χ0n) is 34.9. The van der Waals surface area contributed by atoms with Gasteiger partial charge in [-0.2, -0.15) is 0 Å². The third-order valence-corrected chi connectivity index (χ3v) is 10.4. The van der Waals surface area contributed by atoms with E-state index in [-0.39, 0.29) is 51.6 Å². The van der Waals surface area contributed by atoms with E-state index in [1.807, 2.05) is 4.90 Å². The highest BCUT2D eigenvalue weighted by Gasteiger charge is 2.46. The number of hydrogen-bond donors (Lipinski definition) is 8. The van der Waals surface area contributed by atoms with Gasteiger partial charge in [0.15, 0.2) is 12.6 Å². The lowest BCUT2D eigenvalue weighted by atomic mass is 9.97. The number of nitrogens with one attached hydrogen (secondary N) is 2. The highest BCUT2D eigenvalue weighted by atomic mass is 16.7. The summed E-state index contributed by atoms with van der Waals surface area (Å²) < 4.78 is 45.2. The molecule has 0 aromatic rings. The summed E-state index contributed by atoms with van der Waals surface area (Å²) >= 11 is 0. The summed E-state index contributed by atoms with van der Waals surface area (Å²) in [4.78, 5) is 40.5. The number of nitrogens with zero attached hydrogens (tertiary/aromatic N) is 2. The van der Waals surface area contributed by atoms with Crippen molar-refractivity contribution < 1.29 is 82.9 Å². The van der Waals surface area contributed by atoms with Crippen molar-refractivity contribution in [3.8, 4) is 0 Å². The number of ether oxygens (including phenoxy) is 8. The summed E-state index contributed by atoms with van der Waals surface area (Å²) in [6.45, 7) is 10.4. The summed E-state index contributed by atoms with van der Waals surface area (Å²) in [5, 5.41) is 65.1. The molecule has 0 spiro atoms. The van der Waals surface area contributed by atoms with Crippen LogP contribution in [0.15, 0.2) is 0 Å².